The lowest BCUT2D eigenvalue weighted by Crippen LogP contribution is -2.54. The van der Waals surface area contributed by atoms with Crippen LogP contribution in [0.1, 0.15) is 39.7 Å². The van der Waals surface area contributed by atoms with Crippen LogP contribution < -0.4 is 20.7 Å². The third-order valence-corrected chi connectivity index (χ3v) is 7.77. The van der Waals surface area contributed by atoms with Gasteiger partial charge in [-0.15, -0.1) is 0 Å². The van der Waals surface area contributed by atoms with Crippen molar-refractivity contribution in [1.82, 2.24) is 19.5 Å². The lowest BCUT2D eigenvalue weighted by Gasteiger charge is -2.46. The van der Waals surface area contributed by atoms with E-state index in [-0.39, 0.29) is 28.7 Å². The summed E-state index contributed by atoms with van der Waals surface area (Å²) in [6.07, 6.45) is 3.87. The molecular formula is C27H31N7O4. The number of pyridine rings is 2. The molecule has 11 nitrogen and oxygen atoms in total. The highest BCUT2D eigenvalue weighted by Crippen LogP contribution is 2.53. The van der Waals surface area contributed by atoms with Crippen molar-refractivity contribution in [3.63, 3.8) is 0 Å². The van der Waals surface area contributed by atoms with Crippen LogP contribution in [0.3, 0.4) is 0 Å². The van der Waals surface area contributed by atoms with Gasteiger partial charge in [-0.05, 0) is 45.4 Å². The van der Waals surface area contributed by atoms with E-state index in [9.17, 15) is 9.59 Å². The lowest BCUT2D eigenvalue weighted by atomic mass is 9.73. The highest BCUT2D eigenvalue weighted by Gasteiger charge is 2.55. The highest BCUT2D eigenvalue weighted by molar-refractivity contribution is 5.89. The number of carbonyl (C=O) groups is 1. The van der Waals surface area contributed by atoms with Gasteiger partial charge in [0.1, 0.15) is 24.1 Å². The van der Waals surface area contributed by atoms with Crippen LogP contribution >= 0.6 is 0 Å². The number of aromatic nitrogens is 4. The molecule has 11 heteroatoms. The normalized spacial score (nSPS) is 25.7. The molecule has 1 amide bonds. The van der Waals surface area contributed by atoms with Crippen LogP contribution in [0.2, 0.25) is 0 Å². The molecule has 3 aromatic rings. The summed E-state index contributed by atoms with van der Waals surface area (Å²) in [5.41, 5.74) is 0.727. The molecule has 0 radical (unpaired) electrons. The Bertz CT molecular complexity index is 1490. The number of hydrogen-bond acceptors (Lipinski definition) is 9. The SMILES string of the molecule is C[C@H]1COC(=O)N1c1cccc(N2c3nc(Nc4ccn(C)c(=O)c4)ncc3[C@@]3(C)COC(C)(C)C[C@@H]23)n1. The number of cyclic esters (lactones) is 1. The van der Waals surface area contributed by atoms with Gasteiger partial charge in [-0.25, -0.2) is 14.8 Å². The number of ether oxygens (including phenoxy) is 2. The van der Waals surface area contributed by atoms with Crippen LogP contribution in [0.5, 0.6) is 0 Å². The first kappa shape index (κ1) is 24.4. The molecular weight excluding hydrogens is 486 g/mol. The maximum Gasteiger partial charge on any atom is 0.415 e. The summed E-state index contributed by atoms with van der Waals surface area (Å²) in [5, 5.41) is 3.17. The molecule has 0 aromatic carbocycles. The van der Waals surface area contributed by atoms with Crippen LogP contribution in [0.4, 0.5) is 33.9 Å². The molecule has 38 heavy (non-hydrogen) atoms. The number of carbonyl (C=O) groups excluding carboxylic acids is 1. The molecule has 3 atom stereocenters. The van der Waals surface area contributed by atoms with E-state index in [0.717, 1.165) is 17.8 Å². The van der Waals surface area contributed by atoms with Gasteiger partial charge in [-0.1, -0.05) is 13.0 Å². The van der Waals surface area contributed by atoms with E-state index in [1.165, 1.54) is 10.6 Å². The van der Waals surface area contributed by atoms with Gasteiger partial charge in [-0.3, -0.25) is 9.69 Å². The van der Waals surface area contributed by atoms with Crippen LogP contribution in [0.25, 0.3) is 0 Å². The van der Waals surface area contributed by atoms with Crippen molar-refractivity contribution >= 4 is 35.2 Å². The summed E-state index contributed by atoms with van der Waals surface area (Å²) < 4.78 is 13.0. The fraction of sp³-hybridized carbons (Fsp3) is 0.444. The van der Waals surface area contributed by atoms with Crippen LogP contribution in [0.15, 0.2) is 47.5 Å². The number of anilines is 5. The number of fused-ring (bicyclic) bond motifs is 3. The smallest absolute Gasteiger partial charge is 0.415 e. The van der Waals surface area contributed by atoms with Crippen molar-refractivity contribution in [3.8, 4) is 0 Å². The molecule has 6 rings (SSSR count). The Labute approximate surface area is 220 Å². The average molecular weight is 518 g/mol. The van der Waals surface area contributed by atoms with Gasteiger partial charge in [0.15, 0.2) is 0 Å². The van der Waals surface area contributed by atoms with Gasteiger partial charge in [0, 0.05) is 42.2 Å². The number of nitrogens with one attached hydrogen (secondary N) is 1. The summed E-state index contributed by atoms with van der Waals surface area (Å²) in [6.45, 7) is 9.13. The van der Waals surface area contributed by atoms with Gasteiger partial charge < -0.3 is 24.3 Å². The fourth-order valence-electron chi connectivity index (χ4n) is 5.53. The molecule has 0 aliphatic carbocycles. The Morgan fingerprint density at radius 2 is 1.84 bits per heavy atom. The molecule has 3 aliphatic rings. The predicted octanol–water partition coefficient (Wildman–Crippen LogP) is 3.64. The summed E-state index contributed by atoms with van der Waals surface area (Å²) in [4.78, 5) is 42.7. The Hall–Kier alpha value is -3.99. The van der Waals surface area contributed by atoms with Crippen molar-refractivity contribution in [2.75, 3.05) is 28.3 Å². The second kappa shape index (κ2) is 8.52. The van der Waals surface area contributed by atoms with E-state index in [0.29, 0.717) is 36.5 Å². The van der Waals surface area contributed by atoms with Crippen molar-refractivity contribution in [3.05, 3.63) is 58.6 Å². The topological polar surface area (TPSA) is 115 Å². The van der Waals surface area contributed by atoms with Crippen LogP contribution in [-0.4, -0.2) is 56.5 Å². The first-order chi connectivity index (χ1) is 18.1. The Balaban J connectivity index is 1.45. The first-order valence-corrected chi connectivity index (χ1v) is 12.7. The monoisotopic (exact) mass is 517 g/mol. The van der Waals surface area contributed by atoms with Gasteiger partial charge >= 0.3 is 6.09 Å². The minimum atomic E-state index is -0.399. The van der Waals surface area contributed by atoms with Crippen molar-refractivity contribution in [1.29, 1.82) is 0 Å². The molecule has 0 saturated carbocycles. The third kappa shape index (κ3) is 3.89. The standard InChI is InChI=1S/C27H31N7O4/c1-16-14-37-25(36)33(16)20-7-6-8-21(30-20)34-19-12-26(2,3)38-15-27(19,4)18-13-28-24(31-23(18)34)29-17-9-10-32(5)22(35)11-17/h6-11,13,16,19H,12,14-15H2,1-5H3,(H,28,29,31)/t16-,19+,27+/m0/s1. The van der Waals surface area contributed by atoms with Crippen LogP contribution in [-0.2, 0) is 21.9 Å². The number of amides is 1. The van der Waals surface area contributed by atoms with E-state index in [2.05, 4.69) is 36.0 Å². The van der Waals surface area contributed by atoms with Crippen LogP contribution in [0, 0.1) is 0 Å². The van der Waals surface area contributed by atoms with E-state index in [1.807, 2.05) is 31.3 Å². The molecule has 0 spiro atoms. The maximum absolute atomic E-state index is 12.4. The Kier molecular flexibility index (Phi) is 5.46. The molecule has 6 heterocycles. The van der Waals surface area contributed by atoms with Gasteiger partial charge in [-0.2, -0.15) is 4.98 Å². The zero-order valence-corrected chi connectivity index (χ0v) is 22.1. The third-order valence-electron chi connectivity index (χ3n) is 7.77. The highest BCUT2D eigenvalue weighted by atomic mass is 16.6. The molecule has 2 saturated heterocycles. The molecule has 1 N–H and O–H groups in total. The predicted molar refractivity (Wildman–Crippen MR) is 142 cm³/mol. The fourth-order valence-corrected chi connectivity index (χ4v) is 5.53. The summed E-state index contributed by atoms with van der Waals surface area (Å²) in [5.74, 6) is 2.31. The zero-order chi connectivity index (χ0) is 26.8. The summed E-state index contributed by atoms with van der Waals surface area (Å²) >= 11 is 0. The Morgan fingerprint density at radius 3 is 2.55 bits per heavy atom. The minimum absolute atomic E-state index is 0.000484. The summed E-state index contributed by atoms with van der Waals surface area (Å²) in [7, 11) is 1.70. The largest absolute Gasteiger partial charge is 0.447 e. The van der Waals surface area contributed by atoms with E-state index < -0.39 is 6.09 Å². The number of nitrogens with zero attached hydrogens (tertiary/aromatic N) is 6. The van der Waals surface area contributed by atoms with E-state index in [4.69, 9.17) is 19.4 Å². The molecule has 3 aromatic heterocycles. The van der Waals surface area contributed by atoms with E-state index >= 15 is 0 Å². The van der Waals surface area contributed by atoms with Gasteiger partial charge in [0.25, 0.3) is 5.56 Å². The number of hydrogen-bond donors (Lipinski definition) is 1. The van der Waals surface area contributed by atoms with Gasteiger partial charge in [0.05, 0.1) is 24.3 Å². The van der Waals surface area contributed by atoms with Gasteiger partial charge in [0.2, 0.25) is 5.95 Å². The van der Waals surface area contributed by atoms with Crippen molar-refractivity contribution in [2.45, 2.75) is 57.2 Å². The zero-order valence-electron chi connectivity index (χ0n) is 22.1. The second-order valence-corrected chi connectivity index (χ2v) is 11.1. The minimum Gasteiger partial charge on any atom is -0.447 e. The molecule has 0 bridgehead atoms. The molecule has 198 valence electrons. The maximum atomic E-state index is 12.4. The van der Waals surface area contributed by atoms with Crippen molar-refractivity contribution < 1.29 is 14.3 Å². The molecule has 2 fully saturated rings. The lowest BCUT2D eigenvalue weighted by molar-refractivity contribution is -0.0893. The summed E-state index contributed by atoms with van der Waals surface area (Å²) in [6, 6.07) is 8.85. The second-order valence-electron chi connectivity index (χ2n) is 11.1. The molecule has 3 aliphatic heterocycles. The Morgan fingerprint density at radius 1 is 1.08 bits per heavy atom. The number of aryl methyl sites for hydroxylation is 1. The quantitative estimate of drug-likeness (QED) is 0.554. The first-order valence-electron chi connectivity index (χ1n) is 12.7. The number of rotatable bonds is 4. The van der Waals surface area contributed by atoms with Crippen molar-refractivity contribution in [2.24, 2.45) is 7.05 Å². The molecule has 0 unspecified atom stereocenters. The average Bonchev–Trinajstić information content (AvgIpc) is 3.33. The van der Waals surface area contributed by atoms with E-state index in [1.54, 1.807) is 24.2 Å².